The quantitative estimate of drug-likeness (QED) is 0.710. The second kappa shape index (κ2) is 3.15. The van der Waals surface area contributed by atoms with E-state index in [1.807, 2.05) is 0 Å². The average molecular weight is 210 g/mol. The molecule has 2 aromatic rings. The third kappa shape index (κ3) is 1.35. The highest BCUT2D eigenvalue weighted by molar-refractivity contribution is 7.08. The average Bonchev–Trinajstić information content (AvgIpc) is 2.54. The fourth-order valence-electron chi connectivity index (χ4n) is 1.12. The minimum atomic E-state index is -0.645. The predicted molar refractivity (Wildman–Crippen MR) is 52.2 cm³/mol. The minimum absolute atomic E-state index is 0.364. The van der Waals surface area contributed by atoms with Crippen LogP contribution in [-0.4, -0.2) is 14.7 Å². The van der Waals surface area contributed by atoms with Crippen LogP contribution in [0.5, 0.6) is 5.88 Å². The van der Waals surface area contributed by atoms with Crippen LogP contribution in [0.1, 0.15) is 0 Å². The number of hydrogen-bond acceptors (Lipinski definition) is 4. The molecule has 0 aliphatic carbocycles. The molecule has 0 saturated carbocycles. The molecule has 14 heavy (non-hydrogen) atoms. The van der Waals surface area contributed by atoms with Crippen LogP contribution in [0, 0.1) is 0 Å². The topological polar surface area (TPSA) is 75.1 Å². The minimum Gasteiger partial charge on any atom is -0.494 e. The van der Waals surface area contributed by atoms with Crippen LogP contribution < -0.4 is 11.2 Å². The van der Waals surface area contributed by atoms with Crippen LogP contribution in [0.4, 0.5) is 0 Å². The molecule has 0 aliphatic heterocycles. The third-order valence-corrected chi connectivity index (χ3v) is 2.36. The van der Waals surface area contributed by atoms with E-state index in [-0.39, 0.29) is 5.88 Å². The summed E-state index contributed by atoms with van der Waals surface area (Å²) in [5.41, 5.74) is -0.721. The van der Waals surface area contributed by atoms with Gasteiger partial charge in [0.2, 0.25) is 5.88 Å². The summed E-state index contributed by atoms with van der Waals surface area (Å²) in [5.74, 6) is -0.364. The molecule has 0 amide bonds. The van der Waals surface area contributed by atoms with Crippen LogP contribution >= 0.6 is 11.3 Å². The van der Waals surface area contributed by atoms with E-state index < -0.39 is 11.2 Å². The van der Waals surface area contributed by atoms with Crippen LogP contribution in [0.2, 0.25) is 0 Å². The number of nitrogens with zero attached hydrogens (tertiary/aromatic N) is 1. The molecule has 2 N–H and O–H groups in total. The summed E-state index contributed by atoms with van der Waals surface area (Å²) < 4.78 is 1.03. The molecule has 5 nitrogen and oxygen atoms in total. The molecule has 0 spiro atoms. The zero-order chi connectivity index (χ0) is 10.1. The summed E-state index contributed by atoms with van der Waals surface area (Å²) in [6.45, 7) is 0. The number of aromatic nitrogens is 2. The van der Waals surface area contributed by atoms with Gasteiger partial charge in [-0.25, -0.2) is 9.36 Å². The zero-order valence-electron chi connectivity index (χ0n) is 6.93. The van der Waals surface area contributed by atoms with E-state index in [1.54, 1.807) is 16.8 Å². The van der Waals surface area contributed by atoms with Crippen molar-refractivity contribution in [2.24, 2.45) is 0 Å². The molecule has 6 heteroatoms. The number of nitrogens with one attached hydrogen (secondary N) is 1. The van der Waals surface area contributed by atoms with Crippen LogP contribution in [0.15, 0.2) is 32.5 Å². The number of aromatic hydroxyl groups is 1. The van der Waals surface area contributed by atoms with Crippen molar-refractivity contribution < 1.29 is 5.11 Å². The number of hydrogen-bond donors (Lipinski definition) is 2. The van der Waals surface area contributed by atoms with E-state index >= 15 is 0 Å². The van der Waals surface area contributed by atoms with Crippen LogP contribution in [-0.2, 0) is 0 Å². The number of thiophene rings is 1. The van der Waals surface area contributed by atoms with Gasteiger partial charge >= 0.3 is 5.69 Å². The van der Waals surface area contributed by atoms with Gasteiger partial charge in [0.1, 0.15) is 0 Å². The summed E-state index contributed by atoms with van der Waals surface area (Å²) in [6.07, 6.45) is 0. The van der Waals surface area contributed by atoms with E-state index in [0.717, 1.165) is 10.6 Å². The first-order valence-corrected chi connectivity index (χ1v) is 4.70. The van der Waals surface area contributed by atoms with Gasteiger partial charge in [-0.15, -0.1) is 0 Å². The Morgan fingerprint density at radius 1 is 1.43 bits per heavy atom. The Kier molecular flexibility index (Phi) is 1.97. The van der Waals surface area contributed by atoms with E-state index in [4.69, 9.17) is 0 Å². The number of rotatable bonds is 1. The Balaban J connectivity index is 2.77. The molecule has 2 aromatic heterocycles. The first-order valence-electron chi connectivity index (χ1n) is 3.76. The largest absolute Gasteiger partial charge is 0.494 e. The van der Waals surface area contributed by atoms with E-state index in [9.17, 15) is 14.7 Å². The van der Waals surface area contributed by atoms with Crippen LogP contribution in [0.25, 0.3) is 5.69 Å². The van der Waals surface area contributed by atoms with Gasteiger partial charge in [-0.1, -0.05) is 0 Å². The highest BCUT2D eigenvalue weighted by Gasteiger charge is 2.06. The molecule has 0 aromatic carbocycles. The molecule has 0 aliphatic rings. The maximum absolute atomic E-state index is 11.3. The molecule has 0 saturated heterocycles. The monoisotopic (exact) mass is 210 g/mol. The summed E-state index contributed by atoms with van der Waals surface area (Å²) in [4.78, 5) is 24.2. The fourth-order valence-corrected chi connectivity index (χ4v) is 1.74. The Morgan fingerprint density at radius 2 is 2.21 bits per heavy atom. The molecule has 0 radical (unpaired) electrons. The van der Waals surface area contributed by atoms with E-state index in [0.29, 0.717) is 5.69 Å². The van der Waals surface area contributed by atoms with Gasteiger partial charge < -0.3 is 5.11 Å². The molecule has 2 heterocycles. The third-order valence-electron chi connectivity index (χ3n) is 1.69. The predicted octanol–water partition coefficient (Wildman–Crippen LogP) is 0.293. The van der Waals surface area contributed by atoms with Crippen molar-refractivity contribution in [3.8, 4) is 11.6 Å². The second-order valence-electron chi connectivity index (χ2n) is 2.61. The van der Waals surface area contributed by atoms with Gasteiger partial charge in [-0.3, -0.25) is 9.78 Å². The summed E-state index contributed by atoms with van der Waals surface area (Å²) in [7, 11) is 0. The number of H-pyrrole nitrogens is 1. The fraction of sp³-hybridized carbons (Fsp3) is 0. The Bertz CT molecular complexity index is 553. The summed E-state index contributed by atoms with van der Waals surface area (Å²) in [6, 6.07) is 2.63. The normalized spacial score (nSPS) is 10.3. The Hall–Kier alpha value is -1.82. The maximum Gasteiger partial charge on any atom is 0.335 e. The molecular weight excluding hydrogens is 204 g/mol. The standard InChI is InChI=1S/C8H6N2O3S/c11-6-3-7(12)10(8(13)9-6)5-1-2-14-4-5/h1-4,12H,(H,9,11,13). The van der Waals surface area contributed by atoms with Gasteiger partial charge in [0.15, 0.2) is 0 Å². The first kappa shape index (κ1) is 8.76. The molecule has 0 bridgehead atoms. The van der Waals surface area contributed by atoms with Crippen molar-refractivity contribution in [1.29, 1.82) is 0 Å². The number of aromatic amines is 1. The Morgan fingerprint density at radius 3 is 2.79 bits per heavy atom. The second-order valence-corrected chi connectivity index (χ2v) is 3.39. The lowest BCUT2D eigenvalue weighted by atomic mass is 10.5. The first-order chi connectivity index (χ1) is 6.68. The zero-order valence-corrected chi connectivity index (χ0v) is 7.75. The molecule has 2 rings (SSSR count). The molecule has 0 fully saturated rings. The highest BCUT2D eigenvalue weighted by Crippen LogP contribution is 2.14. The van der Waals surface area contributed by atoms with Crippen LogP contribution in [0.3, 0.4) is 0 Å². The summed E-state index contributed by atoms with van der Waals surface area (Å²) in [5, 5.41) is 12.9. The van der Waals surface area contributed by atoms with Crippen molar-refractivity contribution in [2.45, 2.75) is 0 Å². The van der Waals surface area contributed by atoms with Gasteiger partial charge in [-0.05, 0) is 11.4 Å². The molecule has 72 valence electrons. The van der Waals surface area contributed by atoms with Gasteiger partial charge in [0.25, 0.3) is 5.56 Å². The molecule has 0 atom stereocenters. The van der Waals surface area contributed by atoms with Gasteiger partial charge in [0, 0.05) is 5.38 Å². The maximum atomic E-state index is 11.3. The van der Waals surface area contributed by atoms with Crippen molar-refractivity contribution >= 4 is 11.3 Å². The lowest BCUT2D eigenvalue weighted by molar-refractivity contribution is 0.431. The van der Waals surface area contributed by atoms with E-state index in [2.05, 4.69) is 4.98 Å². The van der Waals surface area contributed by atoms with Crippen molar-refractivity contribution in [3.63, 3.8) is 0 Å². The lowest BCUT2D eigenvalue weighted by Gasteiger charge is -2.03. The van der Waals surface area contributed by atoms with Crippen molar-refractivity contribution in [1.82, 2.24) is 9.55 Å². The van der Waals surface area contributed by atoms with Gasteiger partial charge in [-0.2, -0.15) is 11.3 Å². The summed E-state index contributed by atoms with van der Waals surface area (Å²) >= 11 is 1.39. The highest BCUT2D eigenvalue weighted by atomic mass is 32.1. The molecule has 0 unspecified atom stereocenters. The lowest BCUT2D eigenvalue weighted by Crippen LogP contribution is -2.27. The van der Waals surface area contributed by atoms with Gasteiger partial charge in [0.05, 0.1) is 11.8 Å². The van der Waals surface area contributed by atoms with Crippen molar-refractivity contribution in [3.05, 3.63) is 43.7 Å². The smallest absolute Gasteiger partial charge is 0.335 e. The molecular formula is C8H6N2O3S. The van der Waals surface area contributed by atoms with E-state index in [1.165, 1.54) is 11.3 Å². The SMILES string of the molecule is O=c1cc(O)n(-c2ccsc2)c(=O)[nH]1. The Labute approximate surface area is 81.9 Å². The van der Waals surface area contributed by atoms with Crippen molar-refractivity contribution in [2.75, 3.05) is 0 Å².